The quantitative estimate of drug-likeness (QED) is 0.509. The molecule has 0 saturated heterocycles. The largest absolute Gasteiger partial charge is 0.339 e. The summed E-state index contributed by atoms with van der Waals surface area (Å²) in [5.41, 5.74) is 4.41. The number of anilines is 2. The molecule has 0 aliphatic heterocycles. The van der Waals surface area contributed by atoms with E-state index >= 15 is 0 Å². The summed E-state index contributed by atoms with van der Waals surface area (Å²) in [4.78, 5) is 16.1. The van der Waals surface area contributed by atoms with Crippen molar-refractivity contribution in [2.45, 2.75) is 27.2 Å². The number of nitrogens with zero attached hydrogens (tertiary/aromatic N) is 3. The van der Waals surface area contributed by atoms with E-state index in [0.717, 1.165) is 33.7 Å². The van der Waals surface area contributed by atoms with Gasteiger partial charge in [0.25, 0.3) is 0 Å². The van der Waals surface area contributed by atoms with E-state index in [-0.39, 0.29) is 0 Å². The zero-order valence-electron chi connectivity index (χ0n) is 15.1. The normalized spacial score (nSPS) is 11.0. The number of pyridine rings is 1. The minimum Gasteiger partial charge on any atom is -0.339 e. The molecular weight excluding hydrogens is 340 g/mol. The van der Waals surface area contributed by atoms with Crippen LogP contribution in [0.15, 0.2) is 48.8 Å². The highest BCUT2D eigenvalue weighted by molar-refractivity contribution is 7.18. The Morgan fingerprint density at radius 1 is 1.08 bits per heavy atom. The zero-order valence-corrected chi connectivity index (χ0v) is 15.9. The summed E-state index contributed by atoms with van der Waals surface area (Å²) in [6.45, 7) is 6.37. The lowest BCUT2D eigenvalue weighted by atomic mass is 10.1. The highest BCUT2D eigenvalue weighted by Crippen LogP contribution is 2.33. The number of hydrogen-bond donors (Lipinski definition) is 1. The van der Waals surface area contributed by atoms with Crippen LogP contribution in [0.4, 0.5) is 11.5 Å². The van der Waals surface area contributed by atoms with Gasteiger partial charge in [0, 0.05) is 28.5 Å². The molecule has 26 heavy (non-hydrogen) atoms. The van der Waals surface area contributed by atoms with E-state index in [1.165, 1.54) is 16.0 Å². The zero-order chi connectivity index (χ0) is 18.1. The highest BCUT2D eigenvalue weighted by Gasteiger charge is 2.14. The predicted octanol–water partition coefficient (Wildman–Crippen LogP) is 5.68. The van der Waals surface area contributed by atoms with Crippen molar-refractivity contribution in [2.24, 2.45) is 0 Å². The first-order valence-corrected chi connectivity index (χ1v) is 9.51. The molecule has 1 aromatic carbocycles. The van der Waals surface area contributed by atoms with Crippen molar-refractivity contribution >= 4 is 33.1 Å². The number of thiophene rings is 1. The maximum atomic E-state index is 4.83. The molecule has 4 nitrogen and oxygen atoms in total. The number of aryl methyl sites for hydroxylation is 3. The topological polar surface area (TPSA) is 50.7 Å². The third kappa shape index (κ3) is 3.18. The number of fused-ring (bicyclic) bond motifs is 1. The maximum absolute atomic E-state index is 4.83. The van der Waals surface area contributed by atoms with E-state index in [4.69, 9.17) is 9.97 Å². The molecule has 130 valence electrons. The Kier molecular flexibility index (Phi) is 4.39. The monoisotopic (exact) mass is 360 g/mol. The Morgan fingerprint density at radius 2 is 1.96 bits per heavy atom. The van der Waals surface area contributed by atoms with Crippen LogP contribution in [0.2, 0.25) is 0 Å². The van der Waals surface area contributed by atoms with Crippen molar-refractivity contribution in [3.05, 3.63) is 64.8 Å². The molecule has 1 N–H and O–H groups in total. The number of aromatic nitrogens is 3. The van der Waals surface area contributed by atoms with Gasteiger partial charge in [0.2, 0.25) is 0 Å². The van der Waals surface area contributed by atoms with Gasteiger partial charge in [-0.3, -0.25) is 4.98 Å². The summed E-state index contributed by atoms with van der Waals surface area (Å²) in [5, 5.41) is 4.61. The van der Waals surface area contributed by atoms with Crippen LogP contribution in [0.25, 0.3) is 21.6 Å². The van der Waals surface area contributed by atoms with E-state index in [9.17, 15) is 0 Å². The lowest BCUT2D eigenvalue weighted by Gasteiger charge is -2.12. The Balaban J connectivity index is 1.88. The van der Waals surface area contributed by atoms with E-state index in [1.807, 2.05) is 12.1 Å². The molecule has 0 spiro atoms. The van der Waals surface area contributed by atoms with Crippen LogP contribution in [0.1, 0.15) is 22.9 Å². The fourth-order valence-electron chi connectivity index (χ4n) is 2.86. The molecule has 5 heteroatoms. The molecule has 3 heterocycles. The van der Waals surface area contributed by atoms with Gasteiger partial charge in [-0.05, 0) is 55.7 Å². The summed E-state index contributed by atoms with van der Waals surface area (Å²) in [6, 6.07) is 12.5. The molecule has 0 bridgehead atoms. The number of rotatable bonds is 4. The van der Waals surface area contributed by atoms with Crippen LogP contribution in [-0.4, -0.2) is 15.0 Å². The van der Waals surface area contributed by atoms with Crippen LogP contribution in [0.5, 0.6) is 0 Å². The summed E-state index contributed by atoms with van der Waals surface area (Å²) >= 11 is 1.73. The first kappa shape index (κ1) is 16.7. The molecule has 0 amide bonds. The molecule has 0 aliphatic rings. The van der Waals surface area contributed by atoms with Crippen molar-refractivity contribution in [1.29, 1.82) is 0 Å². The van der Waals surface area contributed by atoms with Gasteiger partial charge in [-0.25, -0.2) is 9.97 Å². The van der Waals surface area contributed by atoms with Crippen LogP contribution < -0.4 is 5.32 Å². The summed E-state index contributed by atoms with van der Waals surface area (Å²) in [5.74, 6) is 1.54. The van der Waals surface area contributed by atoms with Crippen LogP contribution in [0, 0.1) is 13.8 Å². The summed E-state index contributed by atoms with van der Waals surface area (Å²) in [7, 11) is 0. The molecule has 0 atom stereocenters. The van der Waals surface area contributed by atoms with Gasteiger partial charge in [0.05, 0.1) is 5.39 Å². The van der Waals surface area contributed by atoms with E-state index < -0.39 is 0 Å². The van der Waals surface area contributed by atoms with Gasteiger partial charge in [-0.15, -0.1) is 11.3 Å². The molecule has 4 aromatic rings. The summed E-state index contributed by atoms with van der Waals surface area (Å²) in [6.07, 6.45) is 4.56. The lowest BCUT2D eigenvalue weighted by Crippen LogP contribution is -2.00. The molecule has 0 unspecified atom stereocenters. The van der Waals surface area contributed by atoms with Crippen molar-refractivity contribution in [2.75, 3.05) is 5.32 Å². The van der Waals surface area contributed by atoms with Crippen molar-refractivity contribution in [3.8, 4) is 11.4 Å². The second kappa shape index (κ2) is 6.84. The molecule has 4 rings (SSSR count). The molecule has 0 fully saturated rings. The standard InChI is InChI=1S/C21H20N4S/c1-4-16-11-17-20(23-18-10-13(2)7-8-14(18)3)24-19(25-21(17)26-16)15-6-5-9-22-12-15/h5-12H,4H2,1-3H3,(H,23,24,25). The van der Waals surface area contributed by atoms with Gasteiger partial charge in [0.1, 0.15) is 10.6 Å². The minimum atomic E-state index is 0.697. The van der Waals surface area contributed by atoms with Crippen LogP contribution >= 0.6 is 11.3 Å². The SMILES string of the molecule is CCc1cc2c(Nc3cc(C)ccc3C)nc(-c3cccnc3)nc2s1. The molecule has 0 saturated carbocycles. The first-order chi connectivity index (χ1) is 12.6. The van der Waals surface area contributed by atoms with Gasteiger partial charge in [0.15, 0.2) is 5.82 Å². The fourth-order valence-corrected chi connectivity index (χ4v) is 3.83. The van der Waals surface area contributed by atoms with Gasteiger partial charge in [-0.1, -0.05) is 19.1 Å². The fraction of sp³-hybridized carbons (Fsp3) is 0.190. The van der Waals surface area contributed by atoms with Crippen LogP contribution in [0.3, 0.4) is 0 Å². The summed E-state index contributed by atoms with van der Waals surface area (Å²) < 4.78 is 0. The number of nitrogens with one attached hydrogen (secondary N) is 1. The van der Waals surface area contributed by atoms with Crippen molar-refractivity contribution in [1.82, 2.24) is 15.0 Å². The second-order valence-corrected chi connectivity index (χ2v) is 7.48. The Hall–Kier alpha value is -2.79. The van der Waals surface area contributed by atoms with Gasteiger partial charge >= 0.3 is 0 Å². The van der Waals surface area contributed by atoms with Gasteiger partial charge in [-0.2, -0.15) is 0 Å². The Bertz CT molecular complexity index is 1070. The first-order valence-electron chi connectivity index (χ1n) is 8.69. The average Bonchev–Trinajstić information content (AvgIpc) is 3.09. The van der Waals surface area contributed by atoms with E-state index in [0.29, 0.717) is 5.82 Å². The molecule has 0 radical (unpaired) electrons. The van der Waals surface area contributed by atoms with Crippen LogP contribution in [-0.2, 0) is 6.42 Å². The maximum Gasteiger partial charge on any atom is 0.164 e. The third-order valence-corrected chi connectivity index (χ3v) is 5.53. The minimum absolute atomic E-state index is 0.697. The van der Waals surface area contributed by atoms with Crippen molar-refractivity contribution < 1.29 is 0 Å². The smallest absolute Gasteiger partial charge is 0.164 e. The van der Waals surface area contributed by atoms with E-state index in [1.54, 1.807) is 23.7 Å². The number of hydrogen-bond acceptors (Lipinski definition) is 5. The van der Waals surface area contributed by atoms with Crippen molar-refractivity contribution in [3.63, 3.8) is 0 Å². The molecule has 3 aromatic heterocycles. The Morgan fingerprint density at radius 3 is 2.73 bits per heavy atom. The highest BCUT2D eigenvalue weighted by atomic mass is 32.1. The third-order valence-electron chi connectivity index (χ3n) is 4.36. The average molecular weight is 360 g/mol. The second-order valence-electron chi connectivity index (χ2n) is 6.37. The molecule has 0 aliphatic carbocycles. The van der Waals surface area contributed by atoms with E-state index in [2.05, 4.69) is 55.3 Å². The lowest BCUT2D eigenvalue weighted by molar-refractivity contribution is 1.19. The Labute approximate surface area is 157 Å². The molecular formula is C21H20N4S. The van der Waals surface area contributed by atoms with Gasteiger partial charge < -0.3 is 5.32 Å². The predicted molar refractivity (Wildman–Crippen MR) is 109 cm³/mol. The number of benzene rings is 1.